The van der Waals surface area contributed by atoms with E-state index in [0.29, 0.717) is 6.07 Å². The molecule has 2 aromatic heterocycles. The van der Waals surface area contributed by atoms with E-state index in [4.69, 9.17) is 5.73 Å². The Balaban J connectivity index is 2.02. The number of hydrogen-bond acceptors (Lipinski definition) is 6. The third-order valence-corrected chi connectivity index (χ3v) is 5.05. The van der Waals surface area contributed by atoms with Crippen molar-refractivity contribution >= 4 is 11.9 Å². The summed E-state index contributed by atoms with van der Waals surface area (Å²) in [6.45, 7) is 0. The van der Waals surface area contributed by atoms with Crippen molar-refractivity contribution in [2.75, 3.05) is 7.05 Å². The zero-order chi connectivity index (χ0) is 23.2. The van der Waals surface area contributed by atoms with Crippen molar-refractivity contribution in [1.29, 1.82) is 0 Å². The van der Waals surface area contributed by atoms with Gasteiger partial charge in [0.15, 0.2) is 11.5 Å². The van der Waals surface area contributed by atoms with Gasteiger partial charge in [-0.1, -0.05) is 0 Å². The fraction of sp³-hybridized carbons (Fsp3) is 0.150. The number of amides is 1. The van der Waals surface area contributed by atoms with Gasteiger partial charge < -0.3 is 5.73 Å². The van der Waals surface area contributed by atoms with Crippen LogP contribution in [-0.4, -0.2) is 38.8 Å². The number of nitrogens with zero attached hydrogens (tertiary/aromatic N) is 5. The van der Waals surface area contributed by atoms with Gasteiger partial charge in [0.2, 0.25) is 0 Å². The smallest absolute Gasteiger partial charge is 0.308 e. The molecule has 12 heteroatoms. The van der Waals surface area contributed by atoms with E-state index < -0.39 is 46.7 Å². The molecule has 1 amide bonds. The minimum atomic E-state index is -2.93. The fourth-order valence-corrected chi connectivity index (χ4v) is 3.43. The summed E-state index contributed by atoms with van der Waals surface area (Å²) in [6.07, 6.45) is -0.0977. The number of aliphatic imine (C=N–C) groups is 1. The highest BCUT2D eigenvalue weighted by atomic mass is 19.3. The first-order valence-electron chi connectivity index (χ1n) is 8.99. The number of benzene rings is 1. The molecule has 0 aliphatic carbocycles. The molecule has 3 aromatic rings. The molecular weight excluding hydrogens is 435 g/mol. The summed E-state index contributed by atoms with van der Waals surface area (Å²) in [6, 6.07) is 2.41. The van der Waals surface area contributed by atoms with Crippen molar-refractivity contribution < 1.29 is 26.7 Å². The topological polar surface area (TPSA) is 97.4 Å². The van der Waals surface area contributed by atoms with Crippen LogP contribution in [0.25, 0.3) is 11.1 Å². The van der Waals surface area contributed by atoms with Crippen LogP contribution in [0.15, 0.2) is 48.0 Å². The fourth-order valence-electron chi connectivity index (χ4n) is 3.43. The molecule has 0 bridgehead atoms. The Morgan fingerprint density at radius 1 is 1.00 bits per heavy atom. The number of carbonyl (C=O) groups excluding carboxylic acids is 1. The summed E-state index contributed by atoms with van der Waals surface area (Å²) in [5.74, 6) is -3.41. The summed E-state index contributed by atoms with van der Waals surface area (Å²) in [4.78, 5) is 28.6. The van der Waals surface area contributed by atoms with Crippen molar-refractivity contribution in [1.82, 2.24) is 19.9 Å². The van der Waals surface area contributed by atoms with Crippen LogP contribution in [-0.2, 0) is 10.3 Å². The lowest BCUT2D eigenvalue weighted by atomic mass is 9.81. The van der Waals surface area contributed by atoms with E-state index in [2.05, 4.69) is 19.9 Å². The molecule has 7 nitrogen and oxygen atoms in total. The van der Waals surface area contributed by atoms with Gasteiger partial charge in [0.25, 0.3) is 12.3 Å². The predicted molar refractivity (Wildman–Crippen MR) is 102 cm³/mol. The molecule has 0 spiro atoms. The van der Waals surface area contributed by atoms with E-state index in [0.717, 1.165) is 41.8 Å². The van der Waals surface area contributed by atoms with E-state index >= 15 is 4.39 Å². The van der Waals surface area contributed by atoms with Crippen LogP contribution in [0.1, 0.15) is 23.1 Å². The third kappa shape index (κ3) is 3.24. The number of halogens is 5. The van der Waals surface area contributed by atoms with Crippen LogP contribution in [0.4, 0.5) is 22.0 Å². The zero-order valence-electron chi connectivity index (χ0n) is 16.2. The first-order chi connectivity index (χ1) is 15.1. The van der Waals surface area contributed by atoms with E-state index in [1.807, 2.05) is 0 Å². The number of hydrogen-bond donors (Lipinski definition) is 1. The monoisotopic (exact) mass is 448 g/mol. The van der Waals surface area contributed by atoms with Crippen LogP contribution in [0, 0.1) is 17.7 Å². The average molecular weight is 448 g/mol. The number of aromatic nitrogens is 3. The molecular formula is C20H13F5N6O. The molecule has 1 aliphatic heterocycles. The Morgan fingerprint density at radius 2 is 1.69 bits per heavy atom. The van der Waals surface area contributed by atoms with Gasteiger partial charge in [0, 0.05) is 65.7 Å². The second-order valence-corrected chi connectivity index (χ2v) is 6.90. The molecule has 32 heavy (non-hydrogen) atoms. The van der Waals surface area contributed by atoms with Gasteiger partial charge in [0.05, 0.1) is 0 Å². The average Bonchev–Trinajstić information content (AvgIpc) is 2.99. The Labute approximate surface area is 177 Å². The van der Waals surface area contributed by atoms with E-state index in [9.17, 15) is 22.4 Å². The molecule has 1 unspecified atom stereocenters. The molecule has 3 heterocycles. The van der Waals surface area contributed by atoms with Crippen LogP contribution in [0.2, 0.25) is 0 Å². The number of rotatable bonds is 4. The number of nitrogens with two attached hydrogens (primary N) is 1. The molecule has 1 aromatic carbocycles. The van der Waals surface area contributed by atoms with Gasteiger partial charge in [-0.15, -0.1) is 0 Å². The van der Waals surface area contributed by atoms with Crippen LogP contribution < -0.4 is 5.73 Å². The van der Waals surface area contributed by atoms with Crippen LogP contribution >= 0.6 is 0 Å². The second kappa shape index (κ2) is 7.62. The molecule has 0 radical (unpaired) electrons. The summed E-state index contributed by atoms with van der Waals surface area (Å²) < 4.78 is 69.4. The number of carbonyl (C=O) groups is 1. The van der Waals surface area contributed by atoms with Gasteiger partial charge in [-0.05, 0) is 12.1 Å². The number of alkyl halides is 2. The Kier molecular flexibility index (Phi) is 5.07. The van der Waals surface area contributed by atoms with E-state index in [-0.39, 0.29) is 22.6 Å². The van der Waals surface area contributed by atoms with Gasteiger partial charge in [-0.3, -0.25) is 14.7 Å². The van der Waals surface area contributed by atoms with Gasteiger partial charge in [-0.2, -0.15) is 4.39 Å². The predicted octanol–water partition coefficient (Wildman–Crippen LogP) is 2.92. The zero-order valence-corrected chi connectivity index (χ0v) is 16.2. The standard InChI is InChI=1S/C20H13F5N6O/c1-31-17(32)20(30-19(31)26,11-2-9(16(23)24)5-27-8-11)13-3-12(14(21)4-15(13)22)10-6-28-18(25)29-7-10/h2-8,16H,1H3,(H2,26,30). The van der Waals surface area contributed by atoms with Crippen molar-refractivity contribution in [2.24, 2.45) is 10.7 Å². The first kappa shape index (κ1) is 21.3. The molecule has 0 saturated carbocycles. The Morgan fingerprint density at radius 3 is 2.28 bits per heavy atom. The minimum absolute atomic E-state index is 0.0180. The van der Waals surface area contributed by atoms with Crippen molar-refractivity contribution in [2.45, 2.75) is 12.0 Å². The van der Waals surface area contributed by atoms with Gasteiger partial charge in [0.1, 0.15) is 11.6 Å². The molecule has 0 saturated heterocycles. The Bertz CT molecular complexity index is 1250. The summed E-state index contributed by atoms with van der Waals surface area (Å²) in [5, 5.41) is 0. The number of pyridine rings is 1. The molecule has 2 N–H and O–H groups in total. The highest BCUT2D eigenvalue weighted by molar-refractivity contribution is 6.09. The largest absolute Gasteiger partial charge is 0.369 e. The normalized spacial score (nSPS) is 18.4. The highest BCUT2D eigenvalue weighted by Crippen LogP contribution is 2.42. The summed E-state index contributed by atoms with van der Waals surface area (Å²) >= 11 is 0. The molecule has 164 valence electrons. The quantitative estimate of drug-likeness (QED) is 0.489. The second-order valence-electron chi connectivity index (χ2n) is 6.90. The maximum Gasteiger partial charge on any atom is 0.308 e. The highest BCUT2D eigenvalue weighted by Gasteiger charge is 2.51. The lowest BCUT2D eigenvalue weighted by Crippen LogP contribution is -2.41. The molecule has 4 rings (SSSR count). The van der Waals surface area contributed by atoms with Crippen molar-refractivity contribution in [3.05, 3.63) is 77.4 Å². The SMILES string of the molecule is CN1C(=O)C(c2cncc(C(F)F)c2)(c2cc(-c3cnc(F)nc3)c(F)cc2F)N=C1N. The van der Waals surface area contributed by atoms with E-state index in [1.54, 1.807) is 0 Å². The summed E-state index contributed by atoms with van der Waals surface area (Å²) in [7, 11) is 1.27. The lowest BCUT2D eigenvalue weighted by Gasteiger charge is -2.27. The number of guanidine groups is 1. The first-order valence-corrected chi connectivity index (χ1v) is 8.99. The maximum atomic E-state index is 15.1. The van der Waals surface area contributed by atoms with Crippen LogP contribution in [0.3, 0.4) is 0 Å². The molecule has 1 aliphatic rings. The molecule has 0 fully saturated rings. The maximum absolute atomic E-state index is 15.1. The van der Waals surface area contributed by atoms with Crippen LogP contribution in [0.5, 0.6) is 0 Å². The van der Waals surface area contributed by atoms with Gasteiger partial charge >= 0.3 is 6.08 Å². The minimum Gasteiger partial charge on any atom is -0.369 e. The third-order valence-electron chi connectivity index (χ3n) is 5.05. The lowest BCUT2D eigenvalue weighted by molar-refractivity contribution is -0.129. The molecule has 1 atom stereocenters. The van der Waals surface area contributed by atoms with Crippen molar-refractivity contribution in [3.8, 4) is 11.1 Å². The van der Waals surface area contributed by atoms with Gasteiger partial charge in [-0.25, -0.2) is 32.5 Å². The Hall–Kier alpha value is -3.96. The van der Waals surface area contributed by atoms with E-state index in [1.165, 1.54) is 7.05 Å². The summed E-state index contributed by atoms with van der Waals surface area (Å²) in [5.41, 5.74) is 2.06. The number of likely N-dealkylation sites (N-methyl/N-ethyl adjacent to an activating group) is 1. The van der Waals surface area contributed by atoms with Crippen molar-refractivity contribution in [3.63, 3.8) is 0 Å².